The monoisotopic (exact) mass is 428 g/mol. The van der Waals surface area contributed by atoms with Crippen LogP contribution in [0, 0.1) is 17.6 Å². The molecule has 7 heteroatoms. The van der Waals surface area contributed by atoms with E-state index in [4.69, 9.17) is 4.74 Å². The van der Waals surface area contributed by atoms with Crippen LogP contribution in [0.2, 0.25) is 0 Å². The Morgan fingerprint density at radius 2 is 1.61 bits per heavy atom. The largest absolute Gasteiger partial charge is 0.493 e. The minimum absolute atomic E-state index is 0.0510. The number of hydrogen-bond acceptors (Lipinski definition) is 3. The molecule has 164 valence electrons. The van der Waals surface area contributed by atoms with Crippen LogP contribution in [-0.2, 0) is 0 Å². The summed E-state index contributed by atoms with van der Waals surface area (Å²) in [5.41, 5.74) is 0.417. The number of rotatable bonds is 5. The SMILES string of the molecule is O=C(c1ccc(OC[C@@H]2CCCN(C(=O)c3cc(F)ccc3F)C2)cc1)N1CCCC1. The van der Waals surface area contributed by atoms with Gasteiger partial charge in [0.2, 0.25) is 0 Å². The van der Waals surface area contributed by atoms with E-state index in [1.54, 1.807) is 29.2 Å². The number of halogens is 2. The number of carbonyl (C=O) groups is 2. The molecule has 4 rings (SSSR count). The summed E-state index contributed by atoms with van der Waals surface area (Å²) < 4.78 is 33.3. The quantitative estimate of drug-likeness (QED) is 0.720. The van der Waals surface area contributed by atoms with Crippen molar-refractivity contribution in [3.05, 3.63) is 65.2 Å². The molecule has 2 aromatic carbocycles. The molecule has 0 radical (unpaired) electrons. The van der Waals surface area contributed by atoms with Gasteiger partial charge < -0.3 is 14.5 Å². The lowest BCUT2D eigenvalue weighted by Gasteiger charge is -2.32. The highest BCUT2D eigenvalue weighted by Crippen LogP contribution is 2.22. The molecule has 0 aliphatic carbocycles. The summed E-state index contributed by atoms with van der Waals surface area (Å²) >= 11 is 0. The molecule has 0 spiro atoms. The standard InChI is InChI=1S/C24H26F2N2O3/c25-19-7-10-22(26)21(14-19)24(30)28-13-3-4-17(15-28)16-31-20-8-5-18(6-9-20)23(29)27-11-1-2-12-27/h5-10,14,17H,1-4,11-13,15-16H2/t17-/m1/s1. The Morgan fingerprint density at radius 3 is 2.35 bits per heavy atom. The first-order valence-electron chi connectivity index (χ1n) is 10.8. The summed E-state index contributed by atoms with van der Waals surface area (Å²) in [5.74, 6) is -1.03. The van der Waals surface area contributed by atoms with Crippen molar-refractivity contribution in [1.82, 2.24) is 9.80 Å². The van der Waals surface area contributed by atoms with Crippen LogP contribution in [0.15, 0.2) is 42.5 Å². The van der Waals surface area contributed by atoms with Crippen LogP contribution in [0.4, 0.5) is 8.78 Å². The summed E-state index contributed by atoms with van der Waals surface area (Å²) in [5, 5.41) is 0. The summed E-state index contributed by atoms with van der Waals surface area (Å²) in [6, 6.07) is 10.1. The molecule has 2 aliphatic rings. The Balaban J connectivity index is 1.32. The maximum Gasteiger partial charge on any atom is 0.256 e. The second-order valence-electron chi connectivity index (χ2n) is 8.22. The topological polar surface area (TPSA) is 49.9 Å². The van der Waals surface area contributed by atoms with Crippen molar-refractivity contribution in [2.45, 2.75) is 25.7 Å². The van der Waals surface area contributed by atoms with Gasteiger partial charge in [-0.15, -0.1) is 0 Å². The molecule has 0 aromatic heterocycles. The van der Waals surface area contributed by atoms with Crippen LogP contribution >= 0.6 is 0 Å². The van der Waals surface area contributed by atoms with Crippen LogP contribution in [-0.4, -0.2) is 54.4 Å². The van der Waals surface area contributed by atoms with Gasteiger partial charge in [-0.2, -0.15) is 0 Å². The zero-order valence-corrected chi connectivity index (χ0v) is 17.4. The van der Waals surface area contributed by atoms with E-state index in [-0.39, 0.29) is 17.4 Å². The molecule has 1 atom stereocenters. The average molecular weight is 428 g/mol. The smallest absolute Gasteiger partial charge is 0.256 e. The highest BCUT2D eigenvalue weighted by atomic mass is 19.1. The highest BCUT2D eigenvalue weighted by molar-refractivity contribution is 5.95. The second-order valence-corrected chi connectivity index (χ2v) is 8.22. The summed E-state index contributed by atoms with van der Waals surface area (Å²) in [6.07, 6.45) is 3.78. The minimum Gasteiger partial charge on any atom is -0.493 e. The third kappa shape index (κ3) is 5.03. The number of amides is 2. The van der Waals surface area contributed by atoms with E-state index in [2.05, 4.69) is 0 Å². The second kappa shape index (κ2) is 9.45. The molecule has 2 heterocycles. The lowest BCUT2D eigenvalue weighted by Crippen LogP contribution is -2.41. The summed E-state index contributed by atoms with van der Waals surface area (Å²) in [4.78, 5) is 28.5. The number of piperidine rings is 1. The first kappa shape index (κ1) is 21.3. The van der Waals surface area contributed by atoms with Gasteiger partial charge in [0.25, 0.3) is 11.8 Å². The van der Waals surface area contributed by atoms with Gasteiger partial charge in [0, 0.05) is 37.7 Å². The number of likely N-dealkylation sites (tertiary alicyclic amines) is 2. The number of benzene rings is 2. The average Bonchev–Trinajstić information content (AvgIpc) is 3.34. The highest BCUT2D eigenvalue weighted by Gasteiger charge is 2.27. The third-order valence-electron chi connectivity index (χ3n) is 5.95. The maximum absolute atomic E-state index is 14.0. The van der Waals surface area contributed by atoms with Gasteiger partial charge in [-0.3, -0.25) is 9.59 Å². The van der Waals surface area contributed by atoms with Crippen molar-refractivity contribution in [1.29, 1.82) is 0 Å². The zero-order valence-electron chi connectivity index (χ0n) is 17.4. The Hall–Kier alpha value is -2.96. The van der Waals surface area contributed by atoms with Gasteiger partial charge in [0.1, 0.15) is 17.4 Å². The number of carbonyl (C=O) groups excluding carboxylic acids is 2. The fraction of sp³-hybridized carbons (Fsp3) is 0.417. The predicted molar refractivity (Wildman–Crippen MR) is 112 cm³/mol. The zero-order chi connectivity index (χ0) is 21.8. The molecule has 0 saturated carbocycles. The molecular weight excluding hydrogens is 402 g/mol. The fourth-order valence-electron chi connectivity index (χ4n) is 4.23. The summed E-state index contributed by atoms with van der Waals surface area (Å²) in [7, 11) is 0. The van der Waals surface area contributed by atoms with Crippen LogP contribution in [0.1, 0.15) is 46.4 Å². The van der Waals surface area contributed by atoms with Crippen LogP contribution in [0.3, 0.4) is 0 Å². The Bertz CT molecular complexity index is 942. The van der Waals surface area contributed by atoms with Gasteiger partial charge in [0.05, 0.1) is 12.2 Å². The first-order chi connectivity index (χ1) is 15.0. The lowest BCUT2D eigenvalue weighted by atomic mass is 9.98. The molecule has 2 aliphatic heterocycles. The molecule has 2 saturated heterocycles. The molecule has 5 nitrogen and oxygen atoms in total. The van der Waals surface area contributed by atoms with Gasteiger partial charge >= 0.3 is 0 Å². The van der Waals surface area contributed by atoms with E-state index in [0.29, 0.717) is 31.0 Å². The molecular formula is C24H26F2N2O3. The van der Waals surface area contributed by atoms with Crippen LogP contribution in [0.5, 0.6) is 5.75 Å². The van der Waals surface area contributed by atoms with Crippen molar-refractivity contribution < 1.29 is 23.1 Å². The molecule has 0 N–H and O–H groups in total. The van der Waals surface area contributed by atoms with E-state index in [1.807, 2.05) is 4.90 Å². The van der Waals surface area contributed by atoms with E-state index in [9.17, 15) is 18.4 Å². The van der Waals surface area contributed by atoms with Crippen molar-refractivity contribution >= 4 is 11.8 Å². The Labute approximate surface area is 180 Å². The van der Waals surface area contributed by atoms with E-state index in [1.165, 1.54) is 0 Å². The molecule has 0 unspecified atom stereocenters. The van der Waals surface area contributed by atoms with Gasteiger partial charge in [-0.05, 0) is 68.1 Å². The van der Waals surface area contributed by atoms with Crippen molar-refractivity contribution in [2.75, 3.05) is 32.8 Å². The summed E-state index contributed by atoms with van der Waals surface area (Å²) in [6.45, 7) is 2.98. The molecule has 2 aromatic rings. The maximum atomic E-state index is 14.0. The minimum atomic E-state index is -0.714. The van der Waals surface area contributed by atoms with Crippen LogP contribution < -0.4 is 4.74 Å². The Morgan fingerprint density at radius 1 is 0.903 bits per heavy atom. The van der Waals surface area contributed by atoms with E-state index in [0.717, 1.165) is 57.0 Å². The fourth-order valence-corrected chi connectivity index (χ4v) is 4.23. The predicted octanol–water partition coefficient (Wildman–Crippen LogP) is 4.13. The molecule has 2 fully saturated rings. The van der Waals surface area contributed by atoms with Crippen molar-refractivity contribution in [3.63, 3.8) is 0 Å². The normalized spacial score (nSPS) is 18.8. The van der Waals surface area contributed by atoms with E-state index < -0.39 is 17.5 Å². The van der Waals surface area contributed by atoms with Gasteiger partial charge in [0.15, 0.2) is 0 Å². The Kier molecular flexibility index (Phi) is 6.49. The van der Waals surface area contributed by atoms with Crippen molar-refractivity contribution in [3.8, 4) is 5.75 Å². The third-order valence-corrected chi connectivity index (χ3v) is 5.95. The molecule has 2 amide bonds. The van der Waals surface area contributed by atoms with Gasteiger partial charge in [-0.1, -0.05) is 0 Å². The first-order valence-corrected chi connectivity index (χ1v) is 10.8. The van der Waals surface area contributed by atoms with Crippen LogP contribution in [0.25, 0.3) is 0 Å². The lowest BCUT2D eigenvalue weighted by molar-refractivity contribution is 0.0628. The number of nitrogens with zero attached hydrogens (tertiary/aromatic N) is 2. The molecule has 0 bridgehead atoms. The number of ether oxygens (including phenoxy) is 1. The molecule has 31 heavy (non-hydrogen) atoms. The van der Waals surface area contributed by atoms with Crippen molar-refractivity contribution in [2.24, 2.45) is 5.92 Å². The number of hydrogen-bond donors (Lipinski definition) is 0. The van der Waals surface area contributed by atoms with E-state index >= 15 is 0 Å². The van der Waals surface area contributed by atoms with Gasteiger partial charge in [-0.25, -0.2) is 8.78 Å².